The monoisotopic (exact) mass is 287 g/mol. The van der Waals surface area contributed by atoms with E-state index in [9.17, 15) is 0 Å². The fourth-order valence-corrected chi connectivity index (χ4v) is 2.04. The SMILES string of the molecule is COCCN(c1ccc(Cl)c(CN)n1)C(C)COC. The van der Waals surface area contributed by atoms with Crippen molar-refractivity contribution >= 4 is 17.4 Å². The Morgan fingerprint density at radius 2 is 2.11 bits per heavy atom. The largest absolute Gasteiger partial charge is 0.383 e. The van der Waals surface area contributed by atoms with Crippen LogP contribution >= 0.6 is 11.6 Å². The molecule has 0 aliphatic carbocycles. The van der Waals surface area contributed by atoms with Crippen molar-refractivity contribution in [3.63, 3.8) is 0 Å². The smallest absolute Gasteiger partial charge is 0.129 e. The number of methoxy groups -OCH3 is 2. The average Bonchev–Trinajstić information content (AvgIpc) is 2.41. The van der Waals surface area contributed by atoms with Crippen LogP contribution in [0.4, 0.5) is 5.82 Å². The zero-order valence-electron chi connectivity index (χ0n) is 11.7. The summed E-state index contributed by atoms with van der Waals surface area (Å²) < 4.78 is 10.3. The second-order valence-electron chi connectivity index (χ2n) is 4.29. The van der Waals surface area contributed by atoms with Gasteiger partial charge in [-0.1, -0.05) is 11.6 Å². The Hall–Kier alpha value is -0.880. The quantitative estimate of drug-likeness (QED) is 0.788. The van der Waals surface area contributed by atoms with Gasteiger partial charge in [-0.05, 0) is 19.1 Å². The zero-order chi connectivity index (χ0) is 14.3. The Morgan fingerprint density at radius 1 is 1.37 bits per heavy atom. The molecule has 1 rings (SSSR count). The molecule has 0 saturated carbocycles. The first-order valence-electron chi connectivity index (χ1n) is 6.24. The molecule has 0 radical (unpaired) electrons. The number of anilines is 1. The lowest BCUT2D eigenvalue weighted by Crippen LogP contribution is -2.39. The van der Waals surface area contributed by atoms with Gasteiger partial charge in [0.25, 0.3) is 0 Å². The van der Waals surface area contributed by atoms with E-state index >= 15 is 0 Å². The number of hydrogen-bond donors (Lipinski definition) is 1. The van der Waals surface area contributed by atoms with Crippen LogP contribution in [0.5, 0.6) is 0 Å². The van der Waals surface area contributed by atoms with Crippen LogP contribution in [0.2, 0.25) is 5.02 Å². The molecule has 1 heterocycles. The number of pyridine rings is 1. The maximum Gasteiger partial charge on any atom is 0.129 e. The van der Waals surface area contributed by atoms with Crippen LogP contribution in [0.1, 0.15) is 12.6 Å². The Balaban J connectivity index is 2.95. The van der Waals surface area contributed by atoms with Gasteiger partial charge >= 0.3 is 0 Å². The molecule has 0 aromatic carbocycles. The maximum atomic E-state index is 6.04. The number of rotatable bonds is 8. The number of ether oxygens (including phenoxy) is 2. The summed E-state index contributed by atoms with van der Waals surface area (Å²) in [5, 5.41) is 0.595. The van der Waals surface area contributed by atoms with E-state index in [1.807, 2.05) is 12.1 Å². The molecule has 0 aliphatic heterocycles. The summed E-state index contributed by atoms with van der Waals surface area (Å²) in [5.74, 6) is 0.839. The molecule has 0 amide bonds. The van der Waals surface area contributed by atoms with E-state index < -0.39 is 0 Å². The van der Waals surface area contributed by atoms with Crippen molar-refractivity contribution in [2.24, 2.45) is 5.73 Å². The summed E-state index contributed by atoms with van der Waals surface area (Å²) in [6.07, 6.45) is 0. The van der Waals surface area contributed by atoms with Gasteiger partial charge in [0.1, 0.15) is 5.82 Å². The Labute approximate surface area is 119 Å². The molecule has 1 unspecified atom stereocenters. The van der Waals surface area contributed by atoms with Gasteiger partial charge in [-0.15, -0.1) is 0 Å². The van der Waals surface area contributed by atoms with Gasteiger partial charge in [0.2, 0.25) is 0 Å². The van der Waals surface area contributed by atoms with Crippen molar-refractivity contribution in [1.82, 2.24) is 4.98 Å². The topological polar surface area (TPSA) is 60.6 Å². The lowest BCUT2D eigenvalue weighted by Gasteiger charge is -2.30. The predicted molar refractivity (Wildman–Crippen MR) is 77.7 cm³/mol. The summed E-state index contributed by atoms with van der Waals surface area (Å²) >= 11 is 6.04. The highest BCUT2D eigenvalue weighted by molar-refractivity contribution is 6.31. The molecule has 1 aromatic rings. The molecule has 0 saturated heterocycles. The molecular formula is C13H22ClN3O2. The highest BCUT2D eigenvalue weighted by atomic mass is 35.5. The summed E-state index contributed by atoms with van der Waals surface area (Å²) in [4.78, 5) is 6.63. The van der Waals surface area contributed by atoms with Gasteiger partial charge in [-0.2, -0.15) is 0 Å². The van der Waals surface area contributed by atoms with Crippen LogP contribution in [0, 0.1) is 0 Å². The third-order valence-corrected chi connectivity index (χ3v) is 3.21. The van der Waals surface area contributed by atoms with Crippen molar-refractivity contribution in [2.75, 3.05) is 38.9 Å². The Morgan fingerprint density at radius 3 is 2.68 bits per heavy atom. The number of hydrogen-bond acceptors (Lipinski definition) is 5. The van der Waals surface area contributed by atoms with Crippen LogP contribution in [0.15, 0.2) is 12.1 Å². The lowest BCUT2D eigenvalue weighted by atomic mass is 10.2. The third-order valence-electron chi connectivity index (χ3n) is 2.87. The first-order valence-corrected chi connectivity index (χ1v) is 6.61. The van der Waals surface area contributed by atoms with Gasteiger partial charge in [0, 0.05) is 27.3 Å². The van der Waals surface area contributed by atoms with E-state index in [1.54, 1.807) is 14.2 Å². The molecular weight excluding hydrogens is 266 g/mol. The molecule has 0 bridgehead atoms. The molecule has 1 aromatic heterocycles. The van der Waals surface area contributed by atoms with Crippen LogP contribution in [0.3, 0.4) is 0 Å². The highest BCUT2D eigenvalue weighted by Crippen LogP contribution is 2.20. The number of halogens is 1. The van der Waals surface area contributed by atoms with Crippen molar-refractivity contribution in [2.45, 2.75) is 19.5 Å². The van der Waals surface area contributed by atoms with Gasteiger partial charge in [-0.3, -0.25) is 0 Å². The van der Waals surface area contributed by atoms with E-state index in [0.717, 1.165) is 12.4 Å². The minimum Gasteiger partial charge on any atom is -0.383 e. The van der Waals surface area contributed by atoms with E-state index in [2.05, 4.69) is 16.8 Å². The standard InChI is InChI=1S/C13H22ClN3O2/c1-10(9-19-3)17(6-7-18-2)13-5-4-11(14)12(8-15)16-13/h4-5,10H,6-9,15H2,1-3H3. The molecule has 1 atom stereocenters. The molecule has 6 heteroatoms. The van der Waals surface area contributed by atoms with Gasteiger partial charge < -0.3 is 20.1 Å². The minimum atomic E-state index is 0.194. The zero-order valence-corrected chi connectivity index (χ0v) is 12.5. The highest BCUT2D eigenvalue weighted by Gasteiger charge is 2.16. The summed E-state index contributed by atoms with van der Waals surface area (Å²) in [7, 11) is 3.37. The van der Waals surface area contributed by atoms with Crippen molar-refractivity contribution < 1.29 is 9.47 Å². The predicted octanol–water partition coefficient (Wildman–Crippen LogP) is 1.68. The number of nitrogens with two attached hydrogens (primary N) is 1. The summed E-state index contributed by atoms with van der Waals surface area (Å²) in [6, 6.07) is 3.91. The van der Waals surface area contributed by atoms with Crippen LogP contribution < -0.4 is 10.6 Å². The van der Waals surface area contributed by atoms with Crippen LogP contribution in [0.25, 0.3) is 0 Å². The maximum absolute atomic E-state index is 6.04. The summed E-state index contributed by atoms with van der Waals surface area (Å²) in [5.41, 5.74) is 6.34. The van der Waals surface area contributed by atoms with E-state index in [0.29, 0.717) is 30.5 Å². The minimum absolute atomic E-state index is 0.194. The molecule has 5 nitrogen and oxygen atoms in total. The average molecular weight is 288 g/mol. The molecule has 108 valence electrons. The van der Waals surface area contributed by atoms with E-state index in [-0.39, 0.29) is 6.04 Å². The Kier molecular flexibility index (Phi) is 7.09. The van der Waals surface area contributed by atoms with Crippen LogP contribution in [-0.2, 0) is 16.0 Å². The molecule has 19 heavy (non-hydrogen) atoms. The fourth-order valence-electron chi connectivity index (χ4n) is 1.86. The fraction of sp³-hybridized carbons (Fsp3) is 0.615. The number of nitrogens with zero attached hydrogens (tertiary/aromatic N) is 2. The first kappa shape index (κ1) is 16.2. The van der Waals surface area contributed by atoms with Gasteiger partial charge in [-0.25, -0.2) is 4.98 Å². The summed E-state index contributed by atoms with van der Waals surface area (Å²) in [6.45, 7) is 4.38. The molecule has 2 N–H and O–H groups in total. The second kappa shape index (κ2) is 8.32. The van der Waals surface area contributed by atoms with Gasteiger partial charge in [0.05, 0.1) is 30.0 Å². The van der Waals surface area contributed by atoms with Crippen molar-refractivity contribution in [3.05, 3.63) is 22.8 Å². The normalized spacial score (nSPS) is 12.5. The molecule has 0 fully saturated rings. The van der Waals surface area contributed by atoms with Gasteiger partial charge in [0.15, 0.2) is 0 Å². The number of aromatic nitrogens is 1. The van der Waals surface area contributed by atoms with Crippen LogP contribution in [-0.4, -0.2) is 45.0 Å². The lowest BCUT2D eigenvalue weighted by molar-refractivity contribution is 0.170. The Bertz CT molecular complexity index is 390. The molecule has 0 spiro atoms. The van der Waals surface area contributed by atoms with Crippen molar-refractivity contribution in [1.29, 1.82) is 0 Å². The third kappa shape index (κ3) is 4.62. The van der Waals surface area contributed by atoms with E-state index in [4.69, 9.17) is 26.8 Å². The first-order chi connectivity index (χ1) is 9.13. The van der Waals surface area contributed by atoms with E-state index in [1.165, 1.54) is 0 Å². The molecule has 0 aliphatic rings. The van der Waals surface area contributed by atoms with Crippen molar-refractivity contribution in [3.8, 4) is 0 Å². The second-order valence-corrected chi connectivity index (χ2v) is 4.70.